The molecule has 1 aliphatic rings. The number of anilines is 1. The van der Waals surface area contributed by atoms with E-state index < -0.39 is 17.8 Å². The standard InChI is InChI=1S/C22H22F3N5O/c1-13(8-20-29-26-12-30(20)2)15-4-3-5-17(9-15)27-21(31)18-10-16(14-6-7-14)11-19(28-18)22(23,24)25/h3-5,9-14H,6-8H2,1-2H3,(H,27,31). The Morgan fingerprint density at radius 2 is 2.03 bits per heavy atom. The van der Waals surface area contributed by atoms with Crippen LogP contribution in [-0.2, 0) is 19.6 Å². The first-order chi connectivity index (χ1) is 14.7. The minimum Gasteiger partial charge on any atom is -0.321 e. The molecule has 1 aliphatic carbocycles. The van der Waals surface area contributed by atoms with Crippen LogP contribution in [0.2, 0.25) is 0 Å². The zero-order valence-corrected chi connectivity index (χ0v) is 17.1. The minimum atomic E-state index is -4.60. The first kappa shape index (κ1) is 21.0. The van der Waals surface area contributed by atoms with E-state index in [-0.39, 0.29) is 17.5 Å². The summed E-state index contributed by atoms with van der Waals surface area (Å²) in [4.78, 5) is 16.3. The van der Waals surface area contributed by atoms with Gasteiger partial charge in [0.2, 0.25) is 0 Å². The second-order valence-electron chi connectivity index (χ2n) is 7.99. The van der Waals surface area contributed by atoms with E-state index in [1.165, 1.54) is 6.07 Å². The molecule has 1 amide bonds. The van der Waals surface area contributed by atoms with Gasteiger partial charge in [-0.2, -0.15) is 13.2 Å². The summed E-state index contributed by atoms with van der Waals surface area (Å²) >= 11 is 0. The van der Waals surface area contributed by atoms with E-state index in [4.69, 9.17) is 0 Å². The van der Waals surface area contributed by atoms with Crippen LogP contribution in [0.15, 0.2) is 42.7 Å². The van der Waals surface area contributed by atoms with Crippen molar-refractivity contribution in [3.05, 3.63) is 71.1 Å². The number of pyridine rings is 1. The second kappa shape index (κ2) is 8.13. The van der Waals surface area contributed by atoms with Gasteiger partial charge < -0.3 is 9.88 Å². The third kappa shape index (κ3) is 4.92. The first-order valence-corrected chi connectivity index (χ1v) is 10.0. The number of benzene rings is 1. The number of nitrogens with zero attached hydrogens (tertiary/aromatic N) is 4. The molecule has 0 spiro atoms. The SMILES string of the molecule is CC(Cc1nncn1C)c1cccc(NC(=O)c2cc(C3CC3)cc(C(F)(F)F)n2)c1. The topological polar surface area (TPSA) is 72.7 Å². The number of rotatable bonds is 6. The number of alkyl halides is 3. The van der Waals surface area contributed by atoms with Crippen LogP contribution in [0, 0.1) is 0 Å². The Morgan fingerprint density at radius 3 is 2.68 bits per heavy atom. The van der Waals surface area contributed by atoms with Crippen LogP contribution in [0.3, 0.4) is 0 Å². The molecule has 0 radical (unpaired) electrons. The number of carbonyl (C=O) groups is 1. The number of hydrogen-bond donors (Lipinski definition) is 1. The van der Waals surface area contributed by atoms with Crippen molar-refractivity contribution in [2.75, 3.05) is 5.32 Å². The molecular weight excluding hydrogens is 407 g/mol. The molecule has 1 unspecified atom stereocenters. The van der Waals surface area contributed by atoms with Crippen molar-refractivity contribution in [2.45, 2.75) is 44.2 Å². The van der Waals surface area contributed by atoms with E-state index in [1.807, 2.05) is 30.7 Å². The number of hydrogen-bond acceptors (Lipinski definition) is 4. The van der Waals surface area contributed by atoms with Crippen molar-refractivity contribution in [2.24, 2.45) is 7.05 Å². The summed E-state index contributed by atoms with van der Waals surface area (Å²) in [6, 6.07) is 9.75. The minimum absolute atomic E-state index is 0.0699. The van der Waals surface area contributed by atoms with Crippen LogP contribution in [-0.4, -0.2) is 25.7 Å². The van der Waals surface area contributed by atoms with Crippen molar-refractivity contribution < 1.29 is 18.0 Å². The van der Waals surface area contributed by atoms with Gasteiger partial charge in [-0.15, -0.1) is 10.2 Å². The maximum absolute atomic E-state index is 13.2. The zero-order chi connectivity index (χ0) is 22.2. The Bertz CT molecular complexity index is 1100. The molecule has 1 aromatic carbocycles. The van der Waals surface area contributed by atoms with Gasteiger partial charge in [-0.25, -0.2) is 4.98 Å². The number of nitrogens with one attached hydrogen (secondary N) is 1. The van der Waals surface area contributed by atoms with Crippen LogP contribution in [0.25, 0.3) is 0 Å². The van der Waals surface area contributed by atoms with Crippen molar-refractivity contribution >= 4 is 11.6 Å². The molecule has 9 heteroatoms. The quantitative estimate of drug-likeness (QED) is 0.616. The lowest BCUT2D eigenvalue weighted by atomic mass is 9.97. The molecule has 1 saturated carbocycles. The fourth-order valence-corrected chi connectivity index (χ4v) is 3.47. The molecule has 1 atom stereocenters. The lowest BCUT2D eigenvalue weighted by Crippen LogP contribution is -2.18. The van der Waals surface area contributed by atoms with E-state index in [0.29, 0.717) is 17.7 Å². The van der Waals surface area contributed by atoms with Gasteiger partial charge >= 0.3 is 6.18 Å². The molecule has 1 N–H and O–H groups in total. The third-order valence-corrected chi connectivity index (χ3v) is 5.43. The lowest BCUT2D eigenvalue weighted by molar-refractivity contribution is -0.141. The number of halogens is 3. The van der Waals surface area contributed by atoms with Gasteiger partial charge in [0, 0.05) is 19.2 Å². The number of aromatic nitrogens is 4. The number of aryl methyl sites for hydroxylation is 1. The zero-order valence-electron chi connectivity index (χ0n) is 17.1. The van der Waals surface area contributed by atoms with Gasteiger partial charge in [0.1, 0.15) is 23.5 Å². The molecule has 2 aromatic heterocycles. The predicted octanol–water partition coefficient (Wildman–Crippen LogP) is 4.70. The molecule has 6 nitrogen and oxygen atoms in total. The maximum atomic E-state index is 13.2. The van der Waals surface area contributed by atoms with Crippen LogP contribution in [0.4, 0.5) is 18.9 Å². The fourth-order valence-electron chi connectivity index (χ4n) is 3.47. The van der Waals surface area contributed by atoms with E-state index in [0.717, 1.165) is 30.3 Å². The van der Waals surface area contributed by atoms with Crippen LogP contribution < -0.4 is 5.32 Å². The van der Waals surface area contributed by atoms with Crippen molar-refractivity contribution in [1.82, 2.24) is 19.7 Å². The first-order valence-electron chi connectivity index (χ1n) is 10.0. The summed E-state index contributed by atoms with van der Waals surface area (Å²) < 4.78 is 41.6. The van der Waals surface area contributed by atoms with Crippen LogP contribution in [0.5, 0.6) is 0 Å². The second-order valence-corrected chi connectivity index (χ2v) is 7.99. The van der Waals surface area contributed by atoms with E-state index in [1.54, 1.807) is 18.5 Å². The molecule has 2 heterocycles. The summed E-state index contributed by atoms with van der Waals surface area (Å²) in [7, 11) is 1.87. The predicted molar refractivity (Wildman–Crippen MR) is 109 cm³/mol. The van der Waals surface area contributed by atoms with Crippen molar-refractivity contribution in [1.29, 1.82) is 0 Å². The molecule has 0 bridgehead atoms. The summed E-state index contributed by atoms with van der Waals surface area (Å²) in [5.41, 5.74) is 0.719. The van der Waals surface area contributed by atoms with Gasteiger partial charge in [-0.1, -0.05) is 19.1 Å². The van der Waals surface area contributed by atoms with Crippen molar-refractivity contribution in [3.8, 4) is 0 Å². The Labute approximate surface area is 177 Å². The highest BCUT2D eigenvalue weighted by molar-refractivity contribution is 6.03. The largest absolute Gasteiger partial charge is 0.433 e. The monoisotopic (exact) mass is 429 g/mol. The van der Waals surface area contributed by atoms with Gasteiger partial charge in [-0.05, 0) is 60.1 Å². The molecule has 4 rings (SSSR count). The summed E-state index contributed by atoms with van der Waals surface area (Å²) in [5.74, 6) is 0.349. The fraction of sp³-hybridized carbons (Fsp3) is 0.364. The molecule has 1 fully saturated rings. The molecular formula is C22H22F3N5O. The van der Waals surface area contributed by atoms with Crippen LogP contribution >= 0.6 is 0 Å². The van der Waals surface area contributed by atoms with Crippen LogP contribution in [0.1, 0.15) is 64.7 Å². The Kier molecular flexibility index (Phi) is 5.51. The lowest BCUT2D eigenvalue weighted by Gasteiger charge is -2.14. The average molecular weight is 429 g/mol. The molecule has 3 aromatic rings. The smallest absolute Gasteiger partial charge is 0.321 e. The highest BCUT2D eigenvalue weighted by Gasteiger charge is 2.35. The normalized spacial score (nSPS) is 15.0. The molecule has 162 valence electrons. The number of carbonyl (C=O) groups excluding carboxylic acids is 1. The van der Waals surface area contributed by atoms with Gasteiger partial charge in [-0.3, -0.25) is 4.79 Å². The summed E-state index contributed by atoms with van der Waals surface area (Å²) in [6.45, 7) is 2.03. The highest BCUT2D eigenvalue weighted by Crippen LogP contribution is 2.42. The third-order valence-electron chi connectivity index (χ3n) is 5.43. The Morgan fingerprint density at radius 1 is 1.26 bits per heavy atom. The number of amides is 1. The molecule has 0 saturated heterocycles. The van der Waals surface area contributed by atoms with E-state index >= 15 is 0 Å². The average Bonchev–Trinajstić information content (AvgIpc) is 3.51. The Hall–Kier alpha value is -3.23. The highest BCUT2D eigenvalue weighted by atomic mass is 19.4. The maximum Gasteiger partial charge on any atom is 0.433 e. The summed E-state index contributed by atoms with van der Waals surface area (Å²) in [6.07, 6.45) is -0.652. The molecule has 31 heavy (non-hydrogen) atoms. The molecule has 0 aliphatic heterocycles. The van der Waals surface area contributed by atoms with Gasteiger partial charge in [0.05, 0.1) is 0 Å². The Balaban J connectivity index is 1.53. The van der Waals surface area contributed by atoms with E-state index in [2.05, 4.69) is 20.5 Å². The van der Waals surface area contributed by atoms with Crippen molar-refractivity contribution in [3.63, 3.8) is 0 Å². The van der Waals surface area contributed by atoms with Gasteiger partial charge in [0.15, 0.2) is 0 Å². The van der Waals surface area contributed by atoms with E-state index in [9.17, 15) is 18.0 Å². The summed E-state index contributed by atoms with van der Waals surface area (Å²) in [5, 5.41) is 10.7. The van der Waals surface area contributed by atoms with Gasteiger partial charge in [0.25, 0.3) is 5.91 Å².